The van der Waals surface area contributed by atoms with Gasteiger partial charge in [0.15, 0.2) is 6.54 Å². The van der Waals surface area contributed by atoms with Crippen LogP contribution in [0.2, 0.25) is 0 Å². The second-order valence-electron chi connectivity index (χ2n) is 7.44. The van der Waals surface area contributed by atoms with E-state index in [0.717, 1.165) is 38.5 Å². The molecule has 2 aromatic rings. The molecule has 1 amide bonds. The van der Waals surface area contributed by atoms with Gasteiger partial charge >= 0.3 is 0 Å². The van der Waals surface area contributed by atoms with Crippen LogP contribution in [0, 0.1) is 0 Å². The van der Waals surface area contributed by atoms with Crippen molar-refractivity contribution in [1.29, 1.82) is 0 Å². The average Bonchev–Trinajstić information content (AvgIpc) is 3.31. The molecule has 2 atom stereocenters. The fraction of sp³-hybridized carbons (Fsp3) is 0.500. The Balaban J connectivity index is 1.33. The summed E-state index contributed by atoms with van der Waals surface area (Å²) in [5.74, 6) is 1.44. The van der Waals surface area contributed by atoms with Crippen molar-refractivity contribution in [1.82, 2.24) is 9.47 Å². The largest absolute Gasteiger partial charge is 0.350 e. The fourth-order valence-electron chi connectivity index (χ4n) is 4.40. The van der Waals surface area contributed by atoms with E-state index in [1.807, 2.05) is 23.2 Å². The number of anilines is 1. The van der Waals surface area contributed by atoms with Crippen molar-refractivity contribution in [2.24, 2.45) is 7.05 Å². The first kappa shape index (κ1) is 17.1. The van der Waals surface area contributed by atoms with E-state index in [9.17, 15) is 4.79 Å². The number of nitrogens with one attached hydrogen (secondary N) is 2. The summed E-state index contributed by atoms with van der Waals surface area (Å²) >= 11 is 0. The van der Waals surface area contributed by atoms with Gasteiger partial charge in [-0.3, -0.25) is 9.69 Å². The van der Waals surface area contributed by atoms with Crippen molar-refractivity contribution in [2.75, 3.05) is 44.2 Å². The Bertz CT molecular complexity index is 736. The molecular formula is C20H29N5O+2. The normalized spacial score (nSPS) is 23.4. The Morgan fingerprint density at radius 2 is 2.04 bits per heavy atom. The molecule has 26 heavy (non-hydrogen) atoms. The minimum atomic E-state index is 0.304. The number of carbonyl (C=O) groups is 1. The van der Waals surface area contributed by atoms with E-state index in [1.165, 1.54) is 23.4 Å². The van der Waals surface area contributed by atoms with Crippen molar-refractivity contribution in [2.45, 2.75) is 18.9 Å². The molecule has 4 heterocycles. The SMILES string of the molecule is Cn1cccc1[C@@H]1CCC[NH+]1CC(=O)N1CCN(c2cccc[nH+]2)CC1. The van der Waals surface area contributed by atoms with Crippen LogP contribution in [0.1, 0.15) is 24.6 Å². The number of hydrogen-bond acceptors (Lipinski definition) is 2. The van der Waals surface area contributed by atoms with E-state index in [-0.39, 0.29) is 0 Å². The highest BCUT2D eigenvalue weighted by Crippen LogP contribution is 2.19. The maximum Gasteiger partial charge on any atom is 0.278 e. The van der Waals surface area contributed by atoms with Crippen LogP contribution >= 0.6 is 0 Å². The molecule has 2 aliphatic rings. The number of quaternary nitrogens is 1. The molecule has 2 aromatic heterocycles. The summed E-state index contributed by atoms with van der Waals surface area (Å²) in [6.45, 7) is 5.12. The summed E-state index contributed by atoms with van der Waals surface area (Å²) in [5, 5.41) is 0. The zero-order valence-corrected chi connectivity index (χ0v) is 15.5. The van der Waals surface area contributed by atoms with Crippen LogP contribution in [0.4, 0.5) is 5.82 Å². The first-order chi connectivity index (χ1) is 12.7. The van der Waals surface area contributed by atoms with Gasteiger partial charge in [0, 0.05) is 32.2 Å². The molecule has 2 fully saturated rings. The minimum Gasteiger partial charge on any atom is -0.350 e. The standard InChI is InChI=1S/C20H27N5O/c1-22-10-4-6-17(22)18-7-5-11-25(18)16-20(26)24-14-12-23(13-15-24)19-8-2-3-9-21-19/h2-4,6,8-10,18H,5,7,11-16H2,1H3/p+2/t18-/m0/s1. The van der Waals surface area contributed by atoms with Crippen LogP contribution in [0.15, 0.2) is 42.7 Å². The third-order valence-electron chi connectivity index (χ3n) is 5.87. The van der Waals surface area contributed by atoms with Gasteiger partial charge in [0.05, 0.1) is 31.5 Å². The van der Waals surface area contributed by atoms with Crippen LogP contribution in [0.3, 0.4) is 0 Å². The van der Waals surface area contributed by atoms with E-state index >= 15 is 0 Å². The molecule has 0 aromatic carbocycles. The predicted octanol–water partition coefficient (Wildman–Crippen LogP) is -0.0922. The van der Waals surface area contributed by atoms with Crippen molar-refractivity contribution in [3.8, 4) is 0 Å². The first-order valence-corrected chi connectivity index (χ1v) is 9.67. The molecule has 0 bridgehead atoms. The van der Waals surface area contributed by atoms with E-state index in [1.54, 1.807) is 0 Å². The first-order valence-electron chi connectivity index (χ1n) is 9.67. The quantitative estimate of drug-likeness (QED) is 0.833. The van der Waals surface area contributed by atoms with Crippen molar-refractivity contribution >= 4 is 11.7 Å². The van der Waals surface area contributed by atoms with Crippen LogP contribution in [-0.4, -0.2) is 54.6 Å². The Labute approximate surface area is 155 Å². The summed E-state index contributed by atoms with van der Waals surface area (Å²) in [4.78, 5) is 21.9. The van der Waals surface area contributed by atoms with Crippen molar-refractivity contribution in [3.63, 3.8) is 0 Å². The van der Waals surface area contributed by atoms with Gasteiger partial charge in [-0.15, -0.1) is 0 Å². The second kappa shape index (κ2) is 7.50. The number of carbonyl (C=O) groups excluding carboxylic acids is 1. The average molecular weight is 355 g/mol. The molecule has 1 unspecified atom stereocenters. The fourth-order valence-corrected chi connectivity index (χ4v) is 4.40. The van der Waals surface area contributed by atoms with Crippen LogP contribution in [0.25, 0.3) is 0 Å². The molecule has 4 rings (SSSR count). The lowest BCUT2D eigenvalue weighted by Gasteiger charge is -2.32. The van der Waals surface area contributed by atoms with Gasteiger partial charge < -0.3 is 14.4 Å². The van der Waals surface area contributed by atoms with Gasteiger partial charge in [-0.05, 0) is 18.2 Å². The smallest absolute Gasteiger partial charge is 0.278 e. The highest BCUT2D eigenvalue weighted by molar-refractivity contribution is 5.77. The maximum atomic E-state index is 12.9. The lowest BCUT2D eigenvalue weighted by atomic mass is 10.1. The number of rotatable bonds is 4. The predicted molar refractivity (Wildman–Crippen MR) is 99.9 cm³/mol. The number of nitrogens with zero attached hydrogens (tertiary/aromatic N) is 3. The number of aryl methyl sites for hydroxylation is 1. The number of aromatic nitrogens is 2. The molecule has 6 heteroatoms. The second-order valence-corrected chi connectivity index (χ2v) is 7.44. The van der Waals surface area contributed by atoms with Gasteiger partial charge in [-0.2, -0.15) is 0 Å². The number of H-pyrrole nitrogens is 1. The lowest BCUT2D eigenvalue weighted by Crippen LogP contribution is -3.11. The Kier molecular flexibility index (Phi) is 4.93. The van der Waals surface area contributed by atoms with Gasteiger partial charge in [0.1, 0.15) is 19.1 Å². The number of likely N-dealkylation sites (tertiary alicyclic amines) is 1. The molecule has 0 spiro atoms. The van der Waals surface area contributed by atoms with Crippen LogP contribution in [-0.2, 0) is 11.8 Å². The molecular weight excluding hydrogens is 326 g/mol. The maximum absolute atomic E-state index is 12.9. The Morgan fingerprint density at radius 3 is 2.73 bits per heavy atom. The Hall–Kier alpha value is -2.34. The highest BCUT2D eigenvalue weighted by atomic mass is 16.2. The summed E-state index contributed by atoms with van der Waals surface area (Å²) in [6, 6.07) is 10.9. The summed E-state index contributed by atoms with van der Waals surface area (Å²) in [5.41, 5.74) is 1.36. The third kappa shape index (κ3) is 3.46. The zero-order valence-electron chi connectivity index (χ0n) is 15.5. The van der Waals surface area contributed by atoms with Crippen LogP contribution < -0.4 is 14.8 Å². The Morgan fingerprint density at radius 1 is 1.19 bits per heavy atom. The lowest BCUT2D eigenvalue weighted by molar-refractivity contribution is -0.911. The molecule has 0 saturated carbocycles. The number of pyridine rings is 1. The van der Waals surface area contributed by atoms with Crippen molar-refractivity contribution < 1.29 is 14.7 Å². The van der Waals surface area contributed by atoms with E-state index in [4.69, 9.17) is 0 Å². The molecule has 6 nitrogen and oxygen atoms in total. The van der Waals surface area contributed by atoms with Crippen LogP contribution in [0.5, 0.6) is 0 Å². The topological polar surface area (TPSA) is 47.1 Å². The van der Waals surface area contributed by atoms with E-state index in [0.29, 0.717) is 18.5 Å². The number of hydrogen-bond donors (Lipinski definition) is 1. The monoisotopic (exact) mass is 355 g/mol. The van der Waals surface area contributed by atoms with E-state index in [2.05, 4.69) is 45.9 Å². The van der Waals surface area contributed by atoms with Crippen molar-refractivity contribution in [3.05, 3.63) is 48.4 Å². The number of amides is 1. The van der Waals surface area contributed by atoms with Gasteiger partial charge in [-0.25, -0.2) is 4.98 Å². The van der Waals surface area contributed by atoms with Gasteiger partial charge in [-0.1, -0.05) is 6.07 Å². The minimum absolute atomic E-state index is 0.304. The highest BCUT2D eigenvalue weighted by Gasteiger charge is 2.35. The number of piperazine rings is 1. The molecule has 0 aliphatic carbocycles. The summed E-state index contributed by atoms with van der Waals surface area (Å²) < 4.78 is 2.20. The molecule has 2 N–H and O–H groups in total. The molecule has 0 radical (unpaired) electrons. The third-order valence-corrected chi connectivity index (χ3v) is 5.87. The summed E-state index contributed by atoms with van der Waals surface area (Å²) in [6.07, 6.45) is 6.44. The molecule has 138 valence electrons. The van der Waals surface area contributed by atoms with Gasteiger partial charge in [0.2, 0.25) is 0 Å². The summed E-state index contributed by atoms with van der Waals surface area (Å²) in [7, 11) is 2.10. The molecule has 2 aliphatic heterocycles. The molecule has 2 saturated heterocycles. The number of aromatic amines is 1. The zero-order chi connectivity index (χ0) is 17.9. The van der Waals surface area contributed by atoms with Gasteiger partial charge in [0.25, 0.3) is 11.7 Å². The van der Waals surface area contributed by atoms with E-state index < -0.39 is 0 Å².